The SMILES string of the molecule is Fc1ccc(C(F)(F)F)cc1CNC1CCN(c2ncc(Br)cn2)C1. The van der Waals surface area contributed by atoms with Crippen LogP contribution in [0.1, 0.15) is 17.5 Å². The summed E-state index contributed by atoms with van der Waals surface area (Å²) in [4.78, 5) is 10.4. The molecule has 0 bridgehead atoms. The molecule has 1 aliphatic heterocycles. The zero-order valence-electron chi connectivity index (χ0n) is 13.0. The second-order valence-electron chi connectivity index (χ2n) is 5.82. The van der Waals surface area contributed by atoms with Crippen molar-refractivity contribution in [2.45, 2.75) is 25.2 Å². The van der Waals surface area contributed by atoms with E-state index < -0.39 is 17.6 Å². The van der Waals surface area contributed by atoms with Crippen molar-refractivity contribution in [1.82, 2.24) is 15.3 Å². The Balaban J connectivity index is 1.60. The smallest absolute Gasteiger partial charge is 0.339 e. The number of nitrogens with zero attached hydrogens (tertiary/aromatic N) is 3. The van der Waals surface area contributed by atoms with Gasteiger partial charge in [-0.15, -0.1) is 0 Å². The number of halogens is 5. The molecule has 1 saturated heterocycles. The Morgan fingerprint density at radius 2 is 1.96 bits per heavy atom. The summed E-state index contributed by atoms with van der Waals surface area (Å²) in [5, 5.41) is 3.11. The molecule has 3 rings (SSSR count). The third-order valence-electron chi connectivity index (χ3n) is 4.03. The summed E-state index contributed by atoms with van der Waals surface area (Å²) in [5.41, 5.74) is -0.838. The third kappa shape index (κ3) is 4.46. The Morgan fingerprint density at radius 3 is 2.64 bits per heavy atom. The molecular formula is C16H15BrF4N4. The van der Waals surface area contributed by atoms with Gasteiger partial charge < -0.3 is 10.2 Å². The average Bonchev–Trinajstić information content (AvgIpc) is 3.02. The molecule has 134 valence electrons. The number of aromatic nitrogens is 2. The van der Waals surface area contributed by atoms with Crippen LogP contribution in [0.2, 0.25) is 0 Å². The molecule has 1 fully saturated rings. The summed E-state index contributed by atoms with van der Waals surface area (Å²) in [6.07, 6.45) is -0.395. The maximum Gasteiger partial charge on any atom is 0.416 e. The maximum atomic E-state index is 13.8. The normalized spacial score (nSPS) is 18.0. The molecule has 2 heterocycles. The molecule has 1 unspecified atom stereocenters. The average molecular weight is 419 g/mol. The van der Waals surface area contributed by atoms with E-state index in [1.54, 1.807) is 12.4 Å². The lowest BCUT2D eigenvalue weighted by atomic mass is 10.1. The first-order valence-corrected chi connectivity index (χ1v) is 8.44. The van der Waals surface area contributed by atoms with E-state index in [2.05, 4.69) is 31.2 Å². The van der Waals surface area contributed by atoms with E-state index in [-0.39, 0.29) is 18.2 Å². The van der Waals surface area contributed by atoms with Crippen LogP contribution < -0.4 is 10.2 Å². The summed E-state index contributed by atoms with van der Waals surface area (Å²) in [6, 6.07) is 2.49. The van der Waals surface area contributed by atoms with Crippen LogP contribution in [-0.4, -0.2) is 29.1 Å². The zero-order valence-corrected chi connectivity index (χ0v) is 14.6. The molecule has 1 N–H and O–H groups in total. The lowest BCUT2D eigenvalue weighted by molar-refractivity contribution is -0.137. The van der Waals surface area contributed by atoms with E-state index in [4.69, 9.17) is 0 Å². The van der Waals surface area contributed by atoms with Gasteiger partial charge in [0, 0.05) is 43.6 Å². The van der Waals surface area contributed by atoms with E-state index >= 15 is 0 Å². The second-order valence-corrected chi connectivity index (χ2v) is 6.73. The maximum absolute atomic E-state index is 13.8. The summed E-state index contributed by atoms with van der Waals surface area (Å²) in [5.74, 6) is -0.0515. The molecule has 25 heavy (non-hydrogen) atoms. The first-order valence-electron chi connectivity index (χ1n) is 7.64. The largest absolute Gasteiger partial charge is 0.416 e. The molecule has 0 amide bonds. The molecule has 2 aromatic rings. The van der Waals surface area contributed by atoms with Gasteiger partial charge in [-0.25, -0.2) is 14.4 Å². The van der Waals surface area contributed by atoms with Gasteiger partial charge in [0.15, 0.2) is 0 Å². The quantitative estimate of drug-likeness (QED) is 0.767. The van der Waals surface area contributed by atoms with Crippen LogP contribution in [0.25, 0.3) is 0 Å². The van der Waals surface area contributed by atoms with Gasteiger partial charge in [0.05, 0.1) is 10.0 Å². The number of hydrogen-bond acceptors (Lipinski definition) is 4. The Hall–Kier alpha value is -1.74. The minimum Gasteiger partial charge on any atom is -0.339 e. The molecule has 1 atom stereocenters. The van der Waals surface area contributed by atoms with Crippen molar-refractivity contribution in [3.8, 4) is 0 Å². The summed E-state index contributed by atoms with van der Waals surface area (Å²) in [6.45, 7) is 1.38. The molecule has 0 saturated carbocycles. The van der Waals surface area contributed by atoms with Crippen LogP contribution in [0.3, 0.4) is 0 Å². The van der Waals surface area contributed by atoms with Crippen LogP contribution in [-0.2, 0) is 12.7 Å². The highest BCUT2D eigenvalue weighted by Crippen LogP contribution is 2.30. The second kappa shape index (κ2) is 7.25. The molecule has 0 radical (unpaired) electrons. The standard InChI is InChI=1S/C16H15BrF4N4/c17-12-7-23-15(24-8-12)25-4-3-13(9-25)22-6-10-5-11(16(19,20)21)1-2-14(10)18/h1-2,5,7-8,13,22H,3-4,6,9H2. The fourth-order valence-electron chi connectivity index (χ4n) is 2.72. The van der Waals surface area contributed by atoms with Crippen LogP contribution in [0.4, 0.5) is 23.5 Å². The lowest BCUT2D eigenvalue weighted by Gasteiger charge is -2.17. The van der Waals surface area contributed by atoms with E-state index in [0.29, 0.717) is 12.5 Å². The first-order chi connectivity index (χ1) is 11.8. The van der Waals surface area contributed by atoms with E-state index in [1.807, 2.05) is 4.90 Å². The molecule has 4 nitrogen and oxygen atoms in total. The highest BCUT2D eigenvalue weighted by atomic mass is 79.9. The van der Waals surface area contributed by atoms with Crippen LogP contribution in [0, 0.1) is 5.82 Å². The van der Waals surface area contributed by atoms with Crippen molar-refractivity contribution >= 4 is 21.9 Å². The highest BCUT2D eigenvalue weighted by Gasteiger charge is 2.31. The van der Waals surface area contributed by atoms with Gasteiger partial charge in [0.2, 0.25) is 5.95 Å². The van der Waals surface area contributed by atoms with Crippen LogP contribution in [0.15, 0.2) is 35.1 Å². The van der Waals surface area contributed by atoms with Crippen molar-refractivity contribution in [3.05, 3.63) is 52.0 Å². The first kappa shape index (κ1) is 18.1. The van der Waals surface area contributed by atoms with Crippen molar-refractivity contribution in [3.63, 3.8) is 0 Å². The van der Waals surface area contributed by atoms with E-state index in [9.17, 15) is 17.6 Å². The fourth-order valence-corrected chi connectivity index (χ4v) is 2.92. The molecule has 0 aliphatic carbocycles. The van der Waals surface area contributed by atoms with Gasteiger partial charge in [-0.3, -0.25) is 0 Å². The molecule has 0 spiro atoms. The Morgan fingerprint density at radius 1 is 1.24 bits per heavy atom. The van der Waals surface area contributed by atoms with Gasteiger partial charge >= 0.3 is 6.18 Å². The van der Waals surface area contributed by atoms with Crippen molar-refractivity contribution in [1.29, 1.82) is 0 Å². The molecule has 1 aromatic heterocycles. The highest BCUT2D eigenvalue weighted by molar-refractivity contribution is 9.10. The topological polar surface area (TPSA) is 41.0 Å². The van der Waals surface area contributed by atoms with Crippen molar-refractivity contribution < 1.29 is 17.6 Å². The van der Waals surface area contributed by atoms with Gasteiger partial charge in [0.1, 0.15) is 5.82 Å². The molecule has 1 aliphatic rings. The summed E-state index contributed by atoms with van der Waals surface area (Å²) in [7, 11) is 0. The number of alkyl halides is 3. The van der Waals surface area contributed by atoms with E-state index in [1.165, 1.54) is 0 Å². The predicted molar refractivity (Wildman–Crippen MR) is 88.6 cm³/mol. The minimum absolute atomic E-state index is 0.00756. The number of benzene rings is 1. The third-order valence-corrected chi connectivity index (χ3v) is 4.44. The Bertz CT molecular complexity index is 736. The minimum atomic E-state index is -4.48. The van der Waals surface area contributed by atoms with Gasteiger partial charge in [0.25, 0.3) is 0 Å². The Labute approximate surface area is 150 Å². The predicted octanol–water partition coefficient (Wildman–Crippen LogP) is 3.77. The molecular weight excluding hydrogens is 404 g/mol. The number of hydrogen-bond donors (Lipinski definition) is 1. The fraction of sp³-hybridized carbons (Fsp3) is 0.375. The monoisotopic (exact) mass is 418 g/mol. The van der Waals surface area contributed by atoms with Gasteiger partial charge in [-0.05, 0) is 40.5 Å². The van der Waals surface area contributed by atoms with Crippen molar-refractivity contribution in [2.75, 3.05) is 18.0 Å². The number of rotatable bonds is 4. The Kier molecular flexibility index (Phi) is 5.24. The molecule has 9 heteroatoms. The molecule has 1 aromatic carbocycles. The van der Waals surface area contributed by atoms with Gasteiger partial charge in [-0.2, -0.15) is 13.2 Å². The van der Waals surface area contributed by atoms with Crippen molar-refractivity contribution in [2.24, 2.45) is 0 Å². The number of anilines is 1. The van der Waals surface area contributed by atoms with Gasteiger partial charge in [-0.1, -0.05) is 0 Å². The van der Waals surface area contributed by atoms with E-state index in [0.717, 1.165) is 35.6 Å². The zero-order chi connectivity index (χ0) is 18.0. The summed E-state index contributed by atoms with van der Waals surface area (Å²) < 4.78 is 52.8. The van der Waals surface area contributed by atoms with Crippen LogP contribution >= 0.6 is 15.9 Å². The lowest BCUT2D eigenvalue weighted by Crippen LogP contribution is -2.33. The van der Waals surface area contributed by atoms with Crippen LogP contribution in [0.5, 0.6) is 0 Å². The summed E-state index contributed by atoms with van der Waals surface area (Å²) >= 11 is 3.27. The number of nitrogens with one attached hydrogen (secondary N) is 1.